The van der Waals surface area contributed by atoms with Crippen LogP contribution in [0.4, 0.5) is 0 Å². The van der Waals surface area contributed by atoms with E-state index in [0.717, 1.165) is 30.0 Å². The summed E-state index contributed by atoms with van der Waals surface area (Å²) in [6.45, 7) is 5.57. The molecular formula is C24H28N2O3S. The van der Waals surface area contributed by atoms with Gasteiger partial charge in [-0.2, -0.15) is 0 Å². The molecule has 1 heterocycles. The Kier molecular flexibility index (Phi) is 8.27. The van der Waals surface area contributed by atoms with Crippen molar-refractivity contribution in [2.24, 2.45) is 0 Å². The predicted octanol–water partition coefficient (Wildman–Crippen LogP) is 5.24. The standard InChI is InChI=1S/C24H28N2O3S/c1-3-5-13-29-21-12-11-19(15-22(21)28-4-2)24(27)25-16-20-17-30-23(26-20)14-18-9-7-6-8-10-18/h6-12,15,17H,3-5,13-14,16H2,1-2H3,(H,25,27). The summed E-state index contributed by atoms with van der Waals surface area (Å²) in [6.07, 6.45) is 2.85. The molecule has 1 aromatic heterocycles. The molecule has 0 aliphatic carbocycles. The van der Waals surface area contributed by atoms with Gasteiger partial charge in [-0.1, -0.05) is 43.7 Å². The SMILES string of the molecule is CCCCOc1ccc(C(=O)NCc2csc(Cc3ccccc3)n2)cc1OCC. The van der Waals surface area contributed by atoms with E-state index < -0.39 is 0 Å². The molecule has 0 aliphatic rings. The van der Waals surface area contributed by atoms with Crippen LogP contribution in [0.3, 0.4) is 0 Å². The maximum absolute atomic E-state index is 12.6. The number of rotatable bonds is 11. The topological polar surface area (TPSA) is 60.5 Å². The van der Waals surface area contributed by atoms with Crippen molar-refractivity contribution < 1.29 is 14.3 Å². The normalized spacial score (nSPS) is 10.6. The van der Waals surface area contributed by atoms with E-state index >= 15 is 0 Å². The van der Waals surface area contributed by atoms with Crippen molar-refractivity contribution in [1.29, 1.82) is 0 Å². The zero-order valence-electron chi connectivity index (χ0n) is 17.5. The third kappa shape index (κ3) is 6.32. The van der Waals surface area contributed by atoms with E-state index in [2.05, 4.69) is 29.4 Å². The average Bonchev–Trinajstić information content (AvgIpc) is 3.21. The van der Waals surface area contributed by atoms with Gasteiger partial charge in [-0.25, -0.2) is 4.98 Å². The minimum atomic E-state index is -0.159. The number of thiazole rings is 1. The molecule has 158 valence electrons. The van der Waals surface area contributed by atoms with Gasteiger partial charge >= 0.3 is 0 Å². The Labute approximate surface area is 182 Å². The first-order chi connectivity index (χ1) is 14.7. The Balaban J connectivity index is 1.58. The zero-order valence-corrected chi connectivity index (χ0v) is 18.3. The van der Waals surface area contributed by atoms with Crippen LogP contribution in [0.5, 0.6) is 11.5 Å². The first-order valence-electron chi connectivity index (χ1n) is 10.3. The molecule has 5 nitrogen and oxygen atoms in total. The van der Waals surface area contributed by atoms with E-state index in [0.29, 0.717) is 36.8 Å². The molecule has 6 heteroatoms. The molecule has 0 radical (unpaired) electrons. The summed E-state index contributed by atoms with van der Waals surface area (Å²) in [4.78, 5) is 17.2. The van der Waals surface area contributed by atoms with Gasteiger partial charge in [0.2, 0.25) is 0 Å². The van der Waals surface area contributed by atoms with Crippen molar-refractivity contribution in [1.82, 2.24) is 10.3 Å². The van der Waals surface area contributed by atoms with Crippen molar-refractivity contribution in [3.8, 4) is 11.5 Å². The van der Waals surface area contributed by atoms with Crippen LogP contribution in [0.25, 0.3) is 0 Å². The highest BCUT2D eigenvalue weighted by Gasteiger charge is 2.12. The van der Waals surface area contributed by atoms with Gasteiger partial charge in [0, 0.05) is 17.4 Å². The van der Waals surface area contributed by atoms with Crippen LogP contribution < -0.4 is 14.8 Å². The first kappa shape index (κ1) is 21.8. The summed E-state index contributed by atoms with van der Waals surface area (Å²) < 4.78 is 11.4. The van der Waals surface area contributed by atoms with Crippen LogP contribution >= 0.6 is 11.3 Å². The smallest absolute Gasteiger partial charge is 0.251 e. The lowest BCUT2D eigenvalue weighted by Crippen LogP contribution is -2.23. The molecular weight excluding hydrogens is 396 g/mol. The molecule has 0 atom stereocenters. The number of carbonyl (C=O) groups is 1. The Morgan fingerprint density at radius 1 is 1.07 bits per heavy atom. The van der Waals surface area contributed by atoms with E-state index in [1.54, 1.807) is 29.5 Å². The summed E-state index contributed by atoms with van der Waals surface area (Å²) in [6, 6.07) is 15.6. The Morgan fingerprint density at radius 2 is 1.90 bits per heavy atom. The van der Waals surface area contributed by atoms with Crippen molar-refractivity contribution in [3.05, 3.63) is 75.7 Å². The molecule has 3 rings (SSSR count). The molecule has 0 saturated carbocycles. The molecule has 2 aromatic carbocycles. The van der Waals surface area contributed by atoms with Crippen molar-refractivity contribution >= 4 is 17.2 Å². The highest BCUT2D eigenvalue weighted by Crippen LogP contribution is 2.29. The number of unbranched alkanes of at least 4 members (excludes halogenated alkanes) is 1. The minimum Gasteiger partial charge on any atom is -0.490 e. The summed E-state index contributed by atoms with van der Waals surface area (Å²) in [5.74, 6) is 1.11. The highest BCUT2D eigenvalue weighted by molar-refractivity contribution is 7.09. The van der Waals surface area contributed by atoms with E-state index in [-0.39, 0.29) is 5.91 Å². The highest BCUT2D eigenvalue weighted by atomic mass is 32.1. The van der Waals surface area contributed by atoms with Gasteiger partial charge in [-0.3, -0.25) is 4.79 Å². The number of hydrogen-bond acceptors (Lipinski definition) is 5. The zero-order chi connectivity index (χ0) is 21.2. The second-order valence-electron chi connectivity index (χ2n) is 6.87. The maximum atomic E-state index is 12.6. The van der Waals surface area contributed by atoms with Crippen LogP contribution in [0.1, 0.15) is 53.3 Å². The number of hydrogen-bond donors (Lipinski definition) is 1. The third-order valence-corrected chi connectivity index (χ3v) is 5.39. The lowest BCUT2D eigenvalue weighted by atomic mass is 10.2. The van der Waals surface area contributed by atoms with Gasteiger partial charge in [-0.15, -0.1) is 11.3 Å². The van der Waals surface area contributed by atoms with Crippen LogP contribution in [-0.2, 0) is 13.0 Å². The molecule has 0 aliphatic heterocycles. The summed E-state index contributed by atoms with van der Waals surface area (Å²) >= 11 is 1.61. The predicted molar refractivity (Wildman–Crippen MR) is 121 cm³/mol. The number of ether oxygens (including phenoxy) is 2. The van der Waals surface area contributed by atoms with Crippen LogP contribution in [0, 0.1) is 0 Å². The van der Waals surface area contributed by atoms with Crippen molar-refractivity contribution in [2.75, 3.05) is 13.2 Å². The van der Waals surface area contributed by atoms with E-state index in [1.807, 2.05) is 30.5 Å². The lowest BCUT2D eigenvalue weighted by molar-refractivity contribution is 0.0950. The molecule has 1 amide bonds. The number of benzene rings is 2. The fourth-order valence-corrected chi connectivity index (χ4v) is 3.75. The van der Waals surface area contributed by atoms with Crippen molar-refractivity contribution in [2.45, 2.75) is 39.7 Å². The van der Waals surface area contributed by atoms with Crippen LogP contribution in [-0.4, -0.2) is 24.1 Å². The van der Waals surface area contributed by atoms with Gasteiger partial charge in [0.25, 0.3) is 5.91 Å². The fraction of sp³-hybridized carbons (Fsp3) is 0.333. The van der Waals surface area contributed by atoms with Gasteiger partial charge < -0.3 is 14.8 Å². The fourth-order valence-electron chi connectivity index (χ4n) is 2.92. The summed E-state index contributed by atoms with van der Waals surface area (Å²) in [7, 11) is 0. The minimum absolute atomic E-state index is 0.159. The second kappa shape index (κ2) is 11.4. The molecule has 0 spiro atoms. The van der Waals surface area contributed by atoms with E-state index in [9.17, 15) is 4.79 Å². The largest absolute Gasteiger partial charge is 0.490 e. The summed E-state index contributed by atoms with van der Waals surface area (Å²) in [5, 5.41) is 5.98. The monoisotopic (exact) mass is 424 g/mol. The Bertz CT molecular complexity index is 941. The van der Waals surface area contributed by atoms with Gasteiger partial charge in [0.05, 0.1) is 30.5 Å². The Hall–Kier alpha value is -2.86. The molecule has 0 saturated heterocycles. The van der Waals surface area contributed by atoms with Gasteiger partial charge in [0.1, 0.15) is 0 Å². The van der Waals surface area contributed by atoms with E-state index in [1.165, 1.54) is 5.56 Å². The van der Waals surface area contributed by atoms with Gasteiger partial charge in [-0.05, 0) is 37.1 Å². The lowest BCUT2D eigenvalue weighted by Gasteiger charge is -2.13. The quantitative estimate of drug-likeness (QED) is 0.428. The molecule has 0 fully saturated rings. The first-order valence-corrected chi connectivity index (χ1v) is 11.2. The molecule has 0 bridgehead atoms. The molecule has 0 unspecified atom stereocenters. The van der Waals surface area contributed by atoms with Crippen LogP contribution in [0.15, 0.2) is 53.9 Å². The third-order valence-electron chi connectivity index (χ3n) is 4.49. The van der Waals surface area contributed by atoms with Gasteiger partial charge in [0.15, 0.2) is 11.5 Å². The summed E-state index contributed by atoms with van der Waals surface area (Å²) in [5.41, 5.74) is 2.64. The van der Waals surface area contributed by atoms with Crippen molar-refractivity contribution in [3.63, 3.8) is 0 Å². The number of carbonyl (C=O) groups excluding carboxylic acids is 1. The molecule has 3 aromatic rings. The number of amides is 1. The second-order valence-corrected chi connectivity index (χ2v) is 7.82. The number of nitrogens with one attached hydrogen (secondary N) is 1. The maximum Gasteiger partial charge on any atom is 0.251 e. The number of nitrogens with zero attached hydrogens (tertiary/aromatic N) is 1. The molecule has 30 heavy (non-hydrogen) atoms. The average molecular weight is 425 g/mol. The van der Waals surface area contributed by atoms with Crippen LogP contribution in [0.2, 0.25) is 0 Å². The van der Waals surface area contributed by atoms with E-state index in [4.69, 9.17) is 9.47 Å². The Morgan fingerprint density at radius 3 is 2.67 bits per heavy atom. The molecule has 1 N–H and O–H groups in total. The number of aromatic nitrogens is 1.